The molecule has 1 aromatic heterocycles. The maximum Gasteiger partial charge on any atom is 0.244 e. The van der Waals surface area contributed by atoms with Crippen LogP contribution in [0.1, 0.15) is 11.3 Å². The van der Waals surface area contributed by atoms with Crippen molar-refractivity contribution in [1.82, 2.24) is 10.5 Å². The quantitative estimate of drug-likeness (QED) is 0.631. The zero-order chi connectivity index (χ0) is 12.8. The van der Waals surface area contributed by atoms with Crippen LogP contribution >= 0.6 is 0 Å². The minimum Gasteiger partial charge on any atom is -0.399 e. The number of hydrogen-bond donors (Lipinski definition) is 2. The molecule has 0 aliphatic rings. The highest BCUT2D eigenvalue weighted by Gasteiger charge is 1.99. The lowest BCUT2D eigenvalue weighted by Crippen LogP contribution is -2.19. The van der Waals surface area contributed by atoms with Crippen LogP contribution in [0.5, 0.6) is 0 Å². The van der Waals surface area contributed by atoms with Crippen molar-refractivity contribution in [2.75, 3.05) is 5.73 Å². The Hall–Kier alpha value is -2.56. The number of carbonyl (C=O) groups is 1. The molecule has 0 aliphatic heterocycles. The number of amides is 1. The molecule has 0 atom stereocenters. The number of hydrogen-bond acceptors (Lipinski definition) is 4. The van der Waals surface area contributed by atoms with E-state index < -0.39 is 0 Å². The van der Waals surface area contributed by atoms with Gasteiger partial charge in [0.25, 0.3) is 0 Å². The number of nitrogens with one attached hydrogen (secondary N) is 1. The molecule has 3 N–H and O–H groups in total. The third-order valence-electron chi connectivity index (χ3n) is 2.29. The molecular formula is C13H13N3O2. The van der Waals surface area contributed by atoms with Crippen molar-refractivity contribution >= 4 is 17.7 Å². The molecule has 1 aromatic carbocycles. The molecule has 0 saturated carbocycles. The molecule has 0 radical (unpaired) electrons. The summed E-state index contributed by atoms with van der Waals surface area (Å²) in [6.07, 6.45) is 4.71. The zero-order valence-electron chi connectivity index (χ0n) is 9.67. The van der Waals surface area contributed by atoms with Crippen LogP contribution in [0.3, 0.4) is 0 Å². The summed E-state index contributed by atoms with van der Waals surface area (Å²) in [5.74, 6) is 0.424. The summed E-state index contributed by atoms with van der Waals surface area (Å²) in [5.41, 5.74) is 7.18. The van der Waals surface area contributed by atoms with Gasteiger partial charge < -0.3 is 15.6 Å². The van der Waals surface area contributed by atoms with E-state index >= 15 is 0 Å². The molecule has 5 heteroatoms. The second-order valence-electron chi connectivity index (χ2n) is 3.70. The van der Waals surface area contributed by atoms with Gasteiger partial charge >= 0.3 is 0 Å². The van der Waals surface area contributed by atoms with Crippen molar-refractivity contribution in [3.05, 3.63) is 53.9 Å². The van der Waals surface area contributed by atoms with Crippen LogP contribution in [0.4, 0.5) is 5.69 Å². The maximum absolute atomic E-state index is 11.5. The van der Waals surface area contributed by atoms with Gasteiger partial charge in [-0.25, -0.2) is 0 Å². The van der Waals surface area contributed by atoms with E-state index in [1.807, 2.05) is 12.1 Å². The third-order valence-corrected chi connectivity index (χ3v) is 2.29. The molecule has 92 valence electrons. The SMILES string of the molecule is Nc1ccc(/C=C/C(=O)NCc2ccno2)cc1. The highest BCUT2D eigenvalue weighted by Crippen LogP contribution is 2.06. The van der Waals surface area contributed by atoms with Gasteiger partial charge in [-0.15, -0.1) is 0 Å². The Kier molecular flexibility index (Phi) is 3.76. The number of nitrogens with zero attached hydrogens (tertiary/aromatic N) is 1. The highest BCUT2D eigenvalue weighted by atomic mass is 16.5. The Morgan fingerprint density at radius 2 is 2.11 bits per heavy atom. The van der Waals surface area contributed by atoms with Crippen molar-refractivity contribution in [1.29, 1.82) is 0 Å². The molecular weight excluding hydrogens is 230 g/mol. The highest BCUT2D eigenvalue weighted by molar-refractivity contribution is 5.91. The van der Waals surface area contributed by atoms with Gasteiger partial charge in [0.1, 0.15) is 0 Å². The van der Waals surface area contributed by atoms with Crippen molar-refractivity contribution < 1.29 is 9.32 Å². The molecule has 1 heterocycles. The fourth-order valence-electron chi connectivity index (χ4n) is 1.35. The van der Waals surface area contributed by atoms with Crippen LogP contribution < -0.4 is 11.1 Å². The topological polar surface area (TPSA) is 81.2 Å². The molecule has 0 unspecified atom stereocenters. The summed E-state index contributed by atoms with van der Waals surface area (Å²) in [4.78, 5) is 11.5. The number of anilines is 1. The van der Waals surface area contributed by atoms with E-state index in [4.69, 9.17) is 10.3 Å². The van der Waals surface area contributed by atoms with Crippen LogP contribution in [0.15, 0.2) is 47.1 Å². The van der Waals surface area contributed by atoms with Crippen molar-refractivity contribution in [2.24, 2.45) is 0 Å². The first-order valence-electron chi connectivity index (χ1n) is 5.45. The fourth-order valence-corrected chi connectivity index (χ4v) is 1.35. The minimum absolute atomic E-state index is 0.191. The molecule has 0 saturated heterocycles. The maximum atomic E-state index is 11.5. The standard InChI is InChI=1S/C13H13N3O2/c14-11-4-1-10(2-5-11)3-6-13(17)15-9-12-7-8-16-18-12/h1-8H,9,14H2,(H,15,17)/b6-3+. The van der Waals surface area contributed by atoms with E-state index in [9.17, 15) is 4.79 Å². The van der Waals surface area contributed by atoms with Crippen LogP contribution in [0.2, 0.25) is 0 Å². The number of benzene rings is 1. The Labute approximate surface area is 104 Å². The summed E-state index contributed by atoms with van der Waals surface area (Å²) in [5, 5.41) is 6.23. The van der Waals surface area contributed by atoms with Gasteiger partial charge in [0, 0.05) is 17.8 Å². The largest absolute Gasteiger partial charge is 0.399 e. The Morgan fingerprint density at radius 3 is 2.78 bits per heavy atom. The molecule has 0 aliphatic carbocycles. The van der Waals surface area contributed by atoms with Gasteiger partial charge in [-0.05, 0) is 23.8 Å². The average molecular weight is 243 g/mol. The summed E-state index contributed by atoms with van der Waals surface area (Å²) < 4.78 is 4.86. The second-order valence-corrected chi connectivity index (χ2v) is 3.70. The van der Waals surface area contributed by atoms with E-state index in [-0.39, 0.29) is 5.91 Å². The lowest BCUT2D eigenvalue weighted by molar-refractivity contribution is -0.116. The van der Waals surface area contributed by atoms with Gasteiger partial charge in [0.05, 0.1) is 12.7 Å². The molecule has 0 fully saturated rings. The summed E-state index contributed by atoms with van der Waals surface area (Å²) in [6.45, 7) is 0.324. The van der Waals surface area contributed by atoms with Gasteiger partial charge in [-0.2, -0.15) is 0 Å². The monoisotopic (exact) mass is 243 g/mol. The predicted octanol–water partition coefficient (Wildman–Crippen LogP) is 1.59. The summed E-state index contributed by atoms with van der Waals surface area (Å²) in [7, 11) is 0. The first-order chi connectivity index (χ1) is 8.74. The van der Waals surface area contributed by atoms with Gasteiger partial charge in [0.2, 0.25) is 5.91 Å². The van der Waals surface area contributed by atoms with Crippen molar-refractivity contribution in [2.45, 2.75) is 6.54 Å². The molecule has 5 nitrogen and oxygen atoms in total. The Balaban J connectivity index is 1.85. The van der Waals surface area contributed by atoms with E-state index in [1.54, 1.807) is 24.3 Å². The van der Waals surface area contributed by atoms with Crippen LogP contribution in [-0.4, -0.2) is 11.1 Å². The first kappa shape index (κ1) is 11.9. The fraction of sp³-hybridized carbons (Fsp3) is 0.0769. The van der Waals surface area contributed by atoms with Crippen LogP contribution in [0, 0.1) is 0 Å². The van der Waals surface area contributed by atoms with Gasteiger partial charge in [-0.1, -0.05) is 17.3 Å². The number of rotatable bonds is 4. The van der Waals surface area contributed by atoms with Gasteiger partial charge in [-0.3, -0.25) is 4.79 Å². The van der Waals surface area contributed by atoms with E-state index in [0.29, 0.717) is 18.0 Å². The lowest BCUT2D eigenvalue weighted by Gasteiger charge is -1.98. The predicted molar refractivity (Wildman–Crippen MR) is 68.2 cm³/mol. The number of nitrogen functional groups attached to an aromatic ring is 1. The summed E-state index contributed by atoms with van der Waals surface area (Å²) >= 11 is 0. The molecule has 1 amide bonds. The average Bonchev–Trinajstić information content (AvgIpc) is 2.89. The van der Waals surface area contributed by atoms with E-state index in [2.05, 4.69) is 10.5 Å². The minimum atomic E-state index is -0.191. The molecule has 0 spiro atoms. The van der Waals surface area contributed by atoms with Gasteiger partial charge in [0.15, 0.2) is 5.76 Å². The normalized spacial score (nSPS) is 10.7. The summed E-state index contributed by atoms with van der Waals surface area (Å²) in [6, 6.07) is 8.95. The van der Waals surface area contributed by atoms with Crippen LogP contribution in [0.25, 0.3) is 6.08 Å². The lowest BCUT2D eigenvalue weighted by atomic mass is 10.2. The molecule has 0 bridgehead atoms. The number of nitrogens with two attached hydrogens (primary N) is 1. The smallest absolute Gasteiger partial charge is 0.244 e. The van der Waals surface area contributed by atoms with Crippen molar-refractivity contribution in [3.8, 4) is 0 Å². The second kappa shape index (κ2) is 5.67. The first-order valence-corrected chi connectivity index (χ1v) is 5.45. The molecule has 2 aromatic rings. The zero-order valence-corrected chi connectivity index (χ0v) is 9.67. The molecule has 2 rings (SSSR count). The third kappa shape index (κ3) is 3.48. The van der Waals surface area contributed by atoms with E-state index in [0.717, 1.165) is 5.56 Å². The van der Waals surface area contributed by atoms with E-state index in [1.165, 1.54) is 12.3 Å². The van der Waals surface area contributed by atoms with Crippen LogP contribution in [-0.2, 0) is 11.3 Å². The molecule has 18 heavy (non-hydrogen) atoms. The Morgan fingerprint density at radius 1 is 1.33 bits per heavy atom. The number of aromatic nitrogens is 1. The Bertz CT molecular complexity index is 530. The number of carbonyl (C=O) groups excluding carboxylic acids is 1. The van der Waals surface area contributed by atoms with Crippen molar-refractivity contribution in [3.63, 3.8) is 0 Å².